The number of aryl methyl sites for hydroxylation is 2. The Morgan fingerprint density at radius 1 is 1.07 bits per heavy atom. The molecule has 0 amide bonds. The first kappa shape index (κ1) is 31.8. The van der Waals surface area contributed by atoms with Crippen molar-refractivity contribution in [3.63, 3.8) is 0 Å². The molecule has 6 atom stereocenters. The summed E-state index contributed by atoms with van der Waals surface area (Å²) in [6.07, 6.45) is -4.99. The molecule has 2 aliphatic heterocycles. The highest BCUT2D eigenvalue weighted by molar-refractivity contribution is 5.80. The minimum atomic E-state index is -1.49. The topological polar surface area (TPSA) is 193 Å². The fraction of sp³-hybridized carbons (Fsp3) is 0.516. The minimum Gasteiger partial charge on any atom is -0.394 e. The van der Waals surface area contributed by atoms with Crippen LogP contribution in [0.2, 0.25) is 0 Å². The van der Waals surface area contributed by atoms with Gasteiger partial charge in [0.15, 0.2) is 11.2 Å². The molecule has 15 heteroatoms. The molecular formula is C31H38N8O7. The molecule has 46 heavy (non-hydrogen) atoms. The maximum atomic E-state index is 14.1. The van der Waals surface area contributed by atoms with E-state index in [0.717, 1.165) is 27.6 Å². The third-order valence-corrected chi connectivity index (χ3v) is 8.76. The summed E-state index contributed by atoms with van der Waals surface area (Å²) in [5.74, 6) is 6.70. The van der Waals surface area contributed by atoms with Gasteiger partial charge in [-0.15, -0.1) is 5.92 Å². The quantitative estimate of drug-likeness (QED) is 0.149. The summed E-state index contributed by atoms with van der Waals surface area (Å²) >= 11 is 0. The summed E-state index contributed by atoms with van der Waals surface area (Å²) in [4.78, 5) is 43.5. The van der Waals surface area contributed by atoms with E-state index in [1.54, 1.807) is 18.5 Å². The van der Waals surface area contributed by atoms with Gasteiger partial charge < -0.3 is 30.1 Å². The lowest BCUT2D eigenvalue weighted by atomic mass is 9.97. The van der Waals surface area contributed by atoms with Crippen molar-refractivity contribution < 1.29 is 25.2 Å². The number of hydrogen-bond donors (Lipinski definition) is 5. The molecule has 15 nitrogen and oxygen atoms in total. The van der Waals surface area contributed by atoms with Crippen molar-refractivity contribution in [1.29, 1.82) is 0 Å². The molecule has 1 aromatic carbocycles. The fourth-order valence-electron chi connectivity index (χ4n) is 6.32. The van der Waals surface area contributed by atoms with Gasteiger partial charge in [0.1, 0.15) is 36.5 Å². The minimum absolute atomic E-state index is 0.123. The number of hydrogen-bond acceptors (Lipinski definition) is 12. The van der Waals surface area contributed by atoms with Gasteiger partial charge in [-0.05, 0) is 32.8 Å². The number of ether oxygens (including phenoxy) is 1. The molecule has 3 aromatic heterocycles. The molecule has 4 aromatic rings. The summed E-state index contributed by atoms with van der Waals surface area (Å²) in [6.45, 7) is 4.07. The fourth-order valence-corrected chi connectivity index (χ4v) is 6.32. The van der Waals surface area contributed by atoms with E-state index >= 15 is 0 Å². The van der Waals surface area contributed by atoms with Crippen molar-refractivity contribution in [3.05, 3.63) is 56.6 Å². The molecule has 5 N–H and O–H groups in total. The average molecular weight is 635 g/mol. The first-order valence-corrected chi connectivity index (χ1v) is 15.3. The van der Waals surface area contributed by atoms with E-state index in [2.05, 4.69) is 27.1 Å². The summed E-state index contributed by atoms with van der Waals surface area (Å²) < 4.78 is 9.84. The molecule has 2 fully saturated rings. The lowest BCUT2D eigenvalue weighted by Crippen LogP contribution is -2.64. The molecule has 0 spiro atoms. The lowest BCUT2D eigenvalue weighted by molar-refractivity contribution is -0.238. The van der Waals surface area contributed by atoms with Crippen LogP contribution in [0.5, 0.6) is 0 Å². The number of aromatic nitrogens is 6. The van der Waals surface area contributed by atoms with E-state index in [1.807, 2.05) is 36.1 Å². The van der Waals surface area contributed by atoms with Crippen molar-refractivity contribution in [3.8, 4) is 11.8 Å². The Kier molecular flexibility index (Phi) is 8.92. The second-order valence-corrected chi connectivity index (χ2v) is 11.8. The number of anilines is 1. The van der Waals surface area contributed by atoms with Gasteiger partial charge in [-0.25, -0.2) is 14.8 Å². The van der Waals surface area contributed by atoms with Crippen LogP contribution in [0.4, 0.5) is 5.95 Å². The third kappa shape index (κ3) is 5.68. The standard InChI is InChI=1S/C31H38N8O7/c1-4-5-13-38-23-27(36(3)31(45)39(29(23)44)15-22-32-17(2)19-10-6-7-11-20(19)34-22)35-30(38)37-12-8-9-18(14-37)33-28-26(43)25(42)24(41)21(16-40)46-28/h6-7,10-11,18,21,24-26,28,33,40-43H,8-9,12-16H2,1-3H3/t18-,21-,24-,25+,26-,28-/m0/s1. The van der Waals surface area contributed by atoms with Crippen LogP contribution < -0.4 is 21.5 Å². The van der Waals surface area contributed by atoms with Gasteiger partial charge >= 0.3 is 5.69 Å². The van der Waals surface area contributed by atoms with Crippen LogP contribution in [0.3, 0.4) is 0 Å². The van der Waals surface area contributed by atoms with Crippen LogP contribution in [0.15, 0.2) is 33.9 Å². The highest BCUT2D eigenvalue weighted by Gasteiger charge is 2.44. The molecular weight excluding hydrogens is 596 g/mol. The molecule has 244 valence electrons. The molecule has 0 saturated carbocycles. The smallest absolute Gasteiger partial charge is 0.332 e. The highest BCUT2D eigenvalue weighted by Crippen LogP contribution is 2.26. The van der Waals surface area contributed by atoms with Crippen molar-refractivity contribution in [2.45, 2.75) is 76.5 Å². The van der Waals surface area contributed by atoms with Crippen molar-refractivity contribution in [2.24, 2.45) is 7.05 Å². The number of aliphatic hydroxyl groups is 4. The molecule has 6 rings (SSSR count). The van der Waals surface area contributed by atoms with Gasteiger partial charge in [-0.2, -0.15) is 4.98 Å². The zero-order valence-corrected chi connectivity index (χ0v) is 25.9. The van der Waals surface area contributed by atoms with Crippen molar-refractivity contribution >= 4 is 28.0 Å². The van der Waals surface area contributed by atoms with E-state index in [9.17, 15) is 30.0 Å². The van der Waals surface area contributed by atoms with Gasteiger partial charge in [0.2, 0.25) is 5.95 Å². The van der Waals surface area contributed by atoms with Gasteiger partial charge in [0.05, 0.1) is 25.2 Å². The number of nitrogens with one attached hydrogen (secondary N) is 1. The molecule has 0 aliphatic carbocycles. The van der Waals surface area contributed by atoms with E-state index in [0.29, 0.717) is 31.3 Å². The number of rotatable bonds is 7. The normalized spacial score (nSPS) is 25.2. The molecule has 5 heterocycles. The zero-order chi connectivity index (χ0) is 32.7. The summed E-state index contributed by atoms with van der Waals surface area (Å²) in [5, 5.41) is 44.6. The van der Waals surface area contributed by atoms with Crippen molar-refractivity contribution in [1.82, 2.24) is 34.0 Å². The van der Waals surface area contributed by atoms with Gasteiger partial charge in [-0.3, -0.25) is 23.8 Å². The number of benzene rings is 1. The Labute approximate surface area is 263 Å². The maximum Gasteiger partial charge on any atom is 0.332 e. The summed E-state index contributed by atoms with van der Waals surface area (Å²) in [7, 11) is 1.57. The van der Waals surface area contributed by atoms with Gasteiger partial charge in [0, 0.05) is 37.3 Å². The number of imidazole rings is 1. The Morgan fingerprint density at radius 3 is 2.61 bits per heavy atom. The van der Waals surface area contributed by atoms with E-state index in [1.165, 1.54) is 4.57 Å². The summed E-state index contributed by atoms with van der Waals surface area (Å²) in [6, 6.07) is 7.32. The molecule has 0 bridgehead atoms. The third-order valence-electron chi connectivity index (χ3n) is 8.76. The number of aliphatic hydroxyl groups excluding tert-OH is 4. The molecule has 0 radical (unpaired) electrons. The molecule has 2 saturated heterocycles. The number of fused-ring (bicyclic) bond motifs is 2. The van der Waals surface area contributed by atoms with Gasteiger partial charge in [0.25, 0.3) is 5.56 Å². The molecule has 2 aliphatic rings. The number of nitrogens with zero attached hydrogens (tertiary/aromatic N) is 7. The Hall–Kier alpha value is -4.17. The van der Waals surface area contributed by atoms with Crippen LogP contribution in [0.25, 0.3) is 22.1 Å². The predicted octanol–water partition coefficient (Wildman–Crippen LogP) is -1.42. The van der Waals surface area contributed by atoms with Crippen LogP contribution in [-0.2, 0) is 24.9 Å². The largest absolute Gasteiger partial charge is 0.394 e. The lowest BCUT2D eigenvalue weighted by Gasteiger charge is -2.43. The highest BCUT2D eigenvalue weighted by atomic mass is 16.6. The first-order chi connectivity index (χ1) is 22.1. The number of piperidine rings is 1. The Balaban J connectivity index is 1.35. The van der Waals surface area contributed by atoms with E-state index < -0.39 is 48.5 Å². The van der Waals surface area contributed by atoms with Crippen LogP contribution in [0, 0.1) is 18.8 Å². The second kappa shape index (κ2) is 12.9. The summed E-state index contributed by atoms with van der Waals surface area (Å²) in [5.41, 5.74) is 0.829. The second-order valence-electron chi connectivity index (χ2n) is 11.8. The average Bonchev–Trinajstić information content (AvgIpc) is 3.45. The van der Waals surface area contributed by atoms with Crippen LogP contribution in [0.1, 0.15) is 31.3 Å². The van der Waals surface area contributed by atoms with Crippen molar-refractivity contribution in [2.75, 3.05) is 24.6 Å². The van der Waals surface area contributed by atoms with E-state index in [4.69, 9.17) is 9.72 Å². The zero-order valence-electron chi connectivity index (χ0n) is 25.9. The molecule has 0 unspecified atom stereocenters. The van der Waals surface area contributed by atoms with E-state index in [-0.39, 0.29) is 30.3 Å². The van der Waals surface area contributed by atoms with Crippen LogP contribution in [-0.4, -0.2) is 105 Å². The Morgan fingerprint density at radius 2 is 1.85 bits per heavy atom. The maximum absolute atomic E-state index is 14.1. The SMILES string of the molecule is CC#CCn1c(N2CCC[C@H](N[C@H]3O[C@@H](CO)[C@H](O)[C@@H](O)[C@@H]3O)C2)nc2c1c(=O)n(Cc1nc(C)c3ccccc3n1)c(=O)n2C. The van der Waals surface area contributed by atoms with Crippen LogP contribution >= 0.6 is 0 Å². The number of para-hydroxylation sites is 1. The predicted molar refractivity (Wildman–Crippen MR) is 168 cm³/mol. The monoisotopic (exact) mass is 634 g/mol. The van der Waals surface area contributed by atoms with Gasteiger partial charge in [-0.1, -0.05) is 24.1 Å². The first-order valence-electron chi connectivity index (χ1n) is 15.3. The Bertz CT molecular complexity index is 1940.